The van der Waals surface area contributed by atoms with Gasteiger partial charge in [0.15, 0.2) is 0 Å². The van der Waals surface area contributed by atoms with Gasteiger partial charge in [-0.15, -0.1) is 13.2 Å². The Morgan fingerprint density at radius 2 is 2.00 bits per heavy atom. The van der Waals surface area contributed by atoms with Crippen LogP contribution in [-0.2, 0) is 0 Å². The molecule has 16 heavy (non-hydrogen) atoms. The van der Waals surface area contributed by atoms with Crippen LogP contribution in [0.2, 0.25) is 0 Å². The molecular weight excluding hydrogens is 225 g/mol. The average molecular weight is 236 g/mol. The van der Waals surface area contributed by atoms with Crippen LogP contribution in [0, 0.1) is 0 Å². The van der Waals surface area contributed by atoms with Crippen molar-refractivity contribution in [1.29, 1.82) is 0 Å². The lowest BCUT2D eigenvalue weighted by Gasteiger charge is -2.14. The summed E-state index contributed by atoms with van der Waals surface area (Å²) in [5.41, 5.74) is 10.9. The number of rotatable bonds is 3. The van der Waals surface area contributed by atoms with E-state index >= 15 is 0 Å². The molecule has 0 aromatic heterocycles. The number of phenolic OH excluding ortho intramolecular Hbond substituents is 1. The summed E-state index contributed by atoms with van der Waals surface area (Å²) in [6, 6.07) is 2.35. The Kier molecular flexibility index (Phi) is 3.61. The summed E-state index contributed by atoms with van der Waals surface area (Å²) in [7, 11) is 0. The molecule has 0 saturated heterocycles. The molecular formula is C9H11F3N2O2. The van der Waals surface area contributed by atoms with Gasteiger partial charge >= 0.3 is 6.36 Å². The highest BCUT2D eigenvalue weighted by molar-refractivity contribution is 5.41. The molecule has 1 aromatic rings. The fraction of sp³-hybridized carbons (Fsp3) is 0.333. The van der Waals surface area contributed by atoms with Crippen molar-refractivity contribution in [2.45, 2.75) is 12.4 Å². The third kappa shape index (κ3) is 3.28. The lowest BCUT2D eigenvalue weighted by Crippen LogP contribution is -2.21. The maximum atomic E-state index is 11.9. The van der Waals surface area contributed by atoms with E-state index in [0.717, 1.165) is 18.2 Å². The molecule has 0 aliphatic carbocycles. The van der Waals surface area contributed by atoms with E-state index in [-0.39, 0.29) is 17.9 Å². The normalized spacial score (nSPS) is 13.6. The molecule has 7 heteroatoms. The molecule has 1 atom stereocenters. The number of ether oxygens (including phenoxy) is 1. The largest absolute Gasteiger partial charge is 0.573 e. The average Bonchev–Trinajstić information content (AvgIpc) is 2.18. The van der Waals surface area contributed by atoms with Gasteiger partial charge in [-0.1, -0.05) is 0 Å². The molecule has 0 amide bonds. The molecule has 4 nitrogen and oxygen atoms in total. The van der Waals surface area contributed by atoms with Crippen LogP contribution in [0.25, 0.3) is 0 Å². The zero-order valence-corrected chi connectivity index (χ0v) is 8.16. The van der Waals surface area contributed by atoms with E-state index in [2.05, 4.69) is 4.74 Å². The monoisotopic (exact) mass is 236 g/mol. The highest BCUT2D eigenvalue weighted by atomic mass is 19.4. The van der Waals surface area contributed by atoms with Crippen molar-refractivity contribution in [3.63, 3.8) is 0 Å². The Morgan fingerprint density at radius 1 is 1.38 bits per heavy atom. The van der Waals surface area contributed by atoms with Crippen LogP contribution in [0.4, 0.5) is 13.2 Å². The summed E-state index contributed by atoms with van der Waals surface area (Å²) >= 11 is 0. The third-order valence-corrected chi connectivity index (χ3v) is 1.89. The molecule has 90 valence electrons. The second-order valence-electron chi connectivity index (χ2n) is 3.11. The van der Waals surface area contributed by atoms with Crippen molar-refractivity contribution in [2.75, 3.05) is 6.54 Å². The summed E-state index contributed by atoms with van der Waals surface area (Å²) < 4.78 is 39.4. The minimum Gasteiger partial charge on any atom is -0.508 e. The van der Waals surface area contributed by atoms with Gasteiger partial charge in [0.25, 0.3) is 0 Å². The van der Waals surface area contributed by atoms with Crippen molar-refractivity contribution in [3.8, 4) is 11.5 Å². The van der Waals surface area contributed by atoms with Gasteiger partial charge < -0.3 is 21.3 Å². The SMILES string of the molecule is NC[C@@H](N)c1cc(OC(F)(F)F)ccc1O. The Bertz CT molecular complexity index is 368. The van der Waals surface area contributed by atoms with E-state index in [4.69, 9.17) is 11.5 Å². The number of hydrogen-bond acceptors (Lipinski definition) is 4. The molecule has 0 radical (unpaired) electrons. The van der Waals surface area contributed by atoms with Crippen LogP contribution >= 0.6 is 0 Å². The summed E-state index contributed by atoms with van der Waals surface area (Å²) in [5.74, 6) is -0.656. The van der Waals surface area contributed by atoms with Gasteiger partial charge in [-0.2, -0.15) is 0 Å². The topological polar surface area (TPSA) is 81.5 Å². The summed E-state index contributed by atoms with van der Waals surface area (Å²) in [5, 5.41) is 9.36. The molecule has 0 aliphatic heterocycles. The van der Waals surface area contributed by atoms with Crippen LogP contribution in [0.3, 0.4) is 0 Å². The molecule has 1 rings (SSSR count). The fourth-order valence-corrected chi connectivity index (χ4v) is 1.15. The second kappa shape index (κ2) is 4.58. The molecule has 0 aliphatic rings. The lowest BCUT2D eigenvalue weighted by molar-refractivity contribution is -0.274. The Morgan fingerprint density at radius 3 is 2.50 bits per heavy atom. The highest BCUT2D eigenvalue weighted by Crippen LogP contribution is 2.30. The van der Waals surface area contributed by atoms with Crippen molar-refractivity contribution >= 4 is 0 Å². The fourth-order valence-electron chi connectivity index (χ4n) is 1.15. The first kappa shape index (κ1) is 12.6. The van der Waals surface area contributed by atoms with Crippen LogP contribution in [0.5, 0.6) is 11.5 Å². The number of phenols is 1. The summed E-state index contributed by atoms with van der Waals surface area (Å²) in [6.07, 6.45) is -4.78. The maximum Gasteiger partial charge on any atom is 0.573 e. The van der Waals surface area contributed by atoms with Gasteiger partial charge in [-0.05, 0) is 18.2 Å². The number of benzene rings is 1. The van der Waals surface area contributed by atoms with Crippen molar-refractivity contribution < 1.29 is 23.0 Å². The minimum atomic E-state index is -4.78. The van der Waals surface area contributed by atoms with E-state index in [1.807, 2.05) is 0 Å². The maximum absolute atomic E-state index is 11.9. The molecule has 0 bridgehead atoms. The van der Waals surface area contributed by atoms with Crippen LogP contribution in [0.15, 0.2) is 18.2 Å². The summed E-state index contributed by atoms with van der Waals surface area (Å²) in [6.45, 7) is 0.00301. The predicted octanol–water partition coefficient (Wildman–Crippen LogP) is 1.25. The first-order valence-electron chi connectivity index (χ1n) is 4.38. The number of alkyl halides is 3. The number of aromatic hydroxyl groups is 1. The van der Waals surface area contributed by atoms with Crippen LogP contribution in [-0.4, -0.2) is 18.0 Å². The zero-order valence-electron chi connectivity index (χ0n) is 8.16. The molecule has 0 fully saturated rings. The van der Waals surface area contributed by atoms with Gasteiger partial charge in [0.05, 0.1) is 0 Å². The number of hydrogen-bond donors (Lipinski definition) is 3. The van der Waals surface area contributed by atoms with E-state index in [0.29, 0.717) is 0 Å². The van der Waals surface area contributed by atoms with Crippen molar-refractivity contribution in [2.24, 2.45) is 11.5 Å². The molecule has 0 saturated carbocycles. The van der Waals surface area contributed by atoms with E-state index < -0.39 is 18.2 Å². The van der Waals surface area contributed by atoms with Gasteiger partial charge in [-0.25, -0.2) is 0 Å². The van der Waals surface area contributed by atoms with E-state index in [1.54, 1.807) is 0 Å². The van der Waals surface area contributed by atoms with Gasteiger partial charge in [0.1, 0.15) is 11.5 Å². The van der Waals surface area contributed by atoms with Gasteiger partial charge in [0.2, 0.25) is 0 Å². The van der Waals surface area contributed by atoms with Gasteiger partial charge in [-0.3, -0.25) is 0 Å². The number of nitrogens with two attached hydrogens (primary N) is 2. The second-order valence-corrected chi connectivity index (χ2v) is 3.11. The van der Waals surface area contributed by atoms with Crippen molar-refractivity contribution in [1.82, 2.24) is 0 Å². The number of halogens is 3. The third-order valence-electron chi connectivity index (χ3n) is 1.89. The van der Waals surface area contributed by atoms with Crippen LogP contribution < -0.4 is 16.2 Å². The molecule has 5 N–H and O–H groups in total. The molecule has 1 aromatic carbocycles. The quantitative estimate of drug-likeness (QED) is 0.737. The first-order valence-corrected chi connectivity index (χ1v) is 4.38. The van der Waals surface area contributed by atoms with Crippen LogP contribution in [0.1, 0.15) is 11.6 Å². The highest BCUT2D eigenvalue weighted by Gasteiger charge is 2.31. The van der Waals surface area contributed by atoms with Crippen molar-refractivity contribution in [3.05, 3.63) is 23.8 Å². The standard InChI is InChI=1S/C9H11F3N2O2/c10-9(11,12)16-5-1-2-8(15)6(3-5)7(14)4-13/h1-3,7,15H,4,13-14H2/t7-/m1/s1. The molecule has 0 heterocycles. The lowest BCUT2D eigenvalue weighted by atomic mass is 10.1. The minimum absolute atomic E-state index is 0.00301. The zero-order chi connectivity index (χ0) is 12.3. The summed E-state index contributed by atoms with van der Waals surface area (Å²) in [4.78, 5) is 0. The Hall–Kier alpha value is -1.47. The molecule has 0 spiro atoms. The van der Waals surface area contributed by atoms with E-state index in [9.17, 15) is 18.3 Å². The van der Waals surface area contributed by atoms with Gasteiger partial charge in [0, 0.05) is 18.2 Å². The predicted molar refractivity (Wildman–Crippen MR) is 50.8 cm³/mol. The Balaban J connectivity index is 2.98. The molecule has 0 unspecified atom stereocenters. The first-order chi connectivity index (χ1) is 7.33. The smallest absolute Gasteiger partial charge is 0.508 e. The Labute approximate surface area is 89.6 Å². The van der Waals surface area contributed by atoms with E-state index in [1.165, 1.54) is 0 Å².